The summed E-state index contributed by atoms with van der Waals surface area (Å²) in [5, 5.41) is 9.99. The number of benzene rings is 1. The summed E-state index contributed by atoms with van der Waals surface area (Å²) in [6, 6.07) is 6.16. The number of amidine groups is 1. The minimum atomic E-state index is -3.88. The Hall–Kier alpha value is -3.34. The largest absolute Gasteiger partial charge is 0.505 e. The number of nitrogens with two attached hydrogens (primary N) is 1. The lowest BCUT2D eigenvalue weighted by atomic mass is 10.0. The molecule has 1 amide bonds. The average Bonchev–Trinajstić information content (AvgIpc) is 2.71. The van der Waals surface area contributed by atoms with Crippen molar-refractivity contribution in [3.05, 3.63) is 47.8 Å². The minimum absolute atomic E-state index is 0.155. The van der Waals surface area contributed by atoms with Gasteiger partial charge in [0.1, 0.15) is 18.1 Å². The van der Waals surface area contributed by atoms with Crippen LogP contribution in [-0.4, -0.2) is 54.3 Å². The number of rotatable bonds is 4. The van der Waals surface area contributed by atoms with E-state index in [0.29, 0.717) is 23.5 Å². The van der Waals surface area contributed by atoms with E-state index in [-0.39, 0.29) is 35.7 Å². The fourth-order valence-corrected chi connectivity index (χ4v) is 4.53. The van der Waals surface area contributed by atoms with Crippen molar-refractivity contribution in [2.75, 3.05) is 17.9 Å². The van der Waals surface area contributed by atoms with Crippen molar-refractivity contribution in [2.45, 2.75) is 25.3 Å². The number of pyridine rings is 1. The van der Waals surface area contributed by atoms with Gasteiger partial charge >= 0.3 is 10.2 Å². The summed E-state index contributed by atoms with van der Waals surface area (Å²) in [6.45, 7) is 0.735. The summed E-state index contributed by atoms with van der Waals surface area (Å²) >= 11 is 0. The van der Waals surface area contributed by atoms with Gasteiger partial charge in [-0.05, 0) is 37.5 Å². The van der Waals surface area contributed by atoms with Gasteiger partial charge < -0.3 is 20.5 Å². The maximum Gasteiger partial charge on any atom is 0.344 e. The zero-order chi connectivity index (χ0) is 21.3. The second-order valence-corrected chi connectivity index (χ2v) is 8.42. The third-order valence-electron chi connectivity index (χ3n) is 5.09. The van der Waals surface area contributed by atoms with Gasteiger partial charge in [-0.2, -0.15) is 8.42 Å². The average molecular weight is 431 g/mol. The van der Waals surface area contributed by atoms with Crippen LogP contribution in [0.5, 0.6) is 11.5 Å². The normalized spacial score (nSPS) is 19.9. The van der Waals surface area contributed by atoms with Crippen LogP contribution in [0, 0.1) is 0 Å². The van der Waals surface area contributed by atoms with Gasteiger partial charge in [0.15, 0.2) is 5.84 Å². The van der Waals surface area contributed by atoms with Crippen molar-refractivity contribution in [3.8, 4) is 11.5 Å². The molecule has 4 N–H and O–H groups in total. The second-order valence-electron chi connectivity index (χ2n) is 7.08. The van der Waals surface area contributed by atoms with Crippen LogP contribution in [0.1, 0.15) is 35.2 Å². The van der Waals surface area contributed by atoms with Crippen LogP contribution in [0.15, 0.2) is 41.1 Å². The number of hydrogen-bond acceptors (Lipinski definition) is 7. The molecule has 0 bridgehead atoms. The fraction of sp³-hybridized carbons (Fsp3) is 0.316. The Morgan fingerprint density at radius 3 is 2.97 bits per heavy atom. The zero-order valence-corrected chi connectivity index (χ0v) is 16.8. The van der Waals surface area contributed by atoms with Crippen LogP contribution in [0.3, 0.4) is 0 Å². The Bertz CT molecular complexity index is 1120. The Morgan fingerprint density at radius 1 is 1.33 bits per heavy atom. The Kier molecular flexibility index (Phi) is 5.20. The molecular weight excluding hydrogens is 410 g/mol. The third-order valence-corrected chi connectivity index (χ3v) is 6.00. The number of hydrogen-bond donors (Lipinski definition) is 3. The summed E-state index contributed by atoms with van der Waals surface area (Å²) in [4.78, 5) is 18.5. The summed E-state index contributed by atoms with van der Waals surface area (Å²) in [5.41, 5.74) is 6.70. The maximum atomic E-state index is 13.0. The standard InChI is InChI=1S/C19H21N5O5S/c20-18-17-14(22-30(27,28)23-18)5-3-6-16(17)29-11-12-4-1-2-9-24(12)19(26)13-7-8-21-10-15(13)25/h3,5-8,10,12,22,25H,1-2,4,9,11H2,(H2,20,23). The SMILES string of the molecule is NC1=NS(=O)(=O)Nc2cccc(OCC3CCCCN3C(=O)c3ccncc3O)c21. The predicted octanol–water partition coefficient (Wildman–Crippen LogP) is 1.24. The summed E-state index contributed by atoms with van der Waals surface area (Å²) in [7, 11) is -3.88. The number of likely N-dealkylation sites (tertiary alicyclic amines) is 1. The quantitative estimate of drug-likeness (QED) is 0.660. The van der Waals surface area contributed by atoms with E-state index >= 15 is 0 Å². The molecule has 30 heavy (non-hydrogen) atoms. The molecule has 0 aliphatic carbocycles. The number of anilines is 1. The summed E-state index contributed by atoms with van der Waals surface area (Å²) < 4.78 is 35.2. The van der Waals surface area contributed by atoms with Crippen LogP contribution in [-0.2, 0) is 10.2 Å². The molecule has 2 aliphatic heterocycles. The van der Waals surface area contributed by atoms with E-state index in [1.807, 2.05) is 0 Å². The van der Waals surface area contributed by atoms with E-state index in [9.17, 15) is 18.3 Å². The predicted molar refractivity (Wildman–Crippen MR) is 110 cm³/mol. The first kappa shape index (κ1) is 20.0. The fourth-order valence-electron chi connectivity index (χ4n) is 3.69. The number of aromatic nitrogens is 1. The topological polar surface area (TPSA) is 147 Å². The number of nitrogens with zero attached hydrogens (tertiary/aromatic N) is 3. The van der Waals surface area contributed by atoms with Crippen LogP contribution < -0.4 is 15.2 Å². The van der Waals surface area contributed by atoms with Crippen molar-refractivity contribution < 1.29 is 23.1 Å². The Labute approximate surface area is 173 Å². The highest BCUT2D eigenvalue weighted by Crippen LogP contribution is 2.31. The van der Waals surface area contributed by atoms with Crippen LogP contribution >= 0.6 is 0 Å². The van der Waals surface area contributed by atoms with Gasteiger partial charge in [-0.25, -0.2) is 0 Å². The van der Waals surface area contributed by atoms with Crippen molar-refractivity contribution in [1.29, 1.82) is 0 Å². The van der Waals surface area contributed by atoms with Crippen LogP contribution in [0.2, 0.25) is 0 Å². The molecule has 3 heterocycles. The lowest BCUT2D eigenvalue weighted by molar-refractivity contribution is 0.0525. The van der Waals surface area contributed by atoms with E-state index in [4.69, 9.17) is 10.5 Å². The summed E-state index contributed by atoms with van der Waals surface area (Å²) in [5.74, 6) is -0.230. The Morgan fingerprint density at radius 2 is 2.17 bits per heavy atom. The van der Waals surface area contributed by atoms with Crippen molar-refractivity contribution in [2.24, 2.45) is 10.1 Å². The molecule has 11 heteroatoms. The zero-order valence-electron chi connectivity index (χ0n) is 16.0. The smallest absolute Gasteiger partial charge is 0.344 e. The number of fused-ring (bicyclic) bond motifs is 1. The van der Waals surface area contributed by atoms with Gasteiger partial charge in [0.25, 0.3) is 5.91 Å². The molecule has 1 saturated heterocycles. The molecule has 1 unspecified atom stereocenters. The molecule has 1 fully saturated rings. The van der Waals surface area contributed by atoms with Gasteiger partial charge in [-0.1, -0.05) is 6.07 Å². The third kappa shape index (κ3) is 3.88. The highest BCUT2D eigenvalue weighted by Gasteiger charge is 2.30. The molecule has 2 aromatic rings. The van der Waals surface area contributed by atoms with E-state index in [1.54, 1.807) is 23.1 Å². The molecule has 1 aromatic carbocycles. The molecule has 10 nitrogen and oxygen atoms in total. The van der Waals surface area contributed by atoms with Crippen molar-refractivity contribution >= 4 is 27.6 Å². The number of amides is 1. The van der Waals surface area contributed by atoms with Gasteiger partial charge in [-0.15, -0.1) is 4.40 Å². The number of piperidine rings is 1. The highest BCUT2D eigenvalue weighted by molar-refractivity contribution is 7.91. The van der Waals surface area contributed by atoms with Gasteiger partial charge in [-0.3, -0.25) is 14.5 Å². The lowest BCUT2D eigenvalue weighted by Crippen LogP contribution is -2.46. The number of carbonyl (C=O) groups excluding carboxylic acids is 1. The first-order valence-electron chi connectivity index (χ1n) is 9.44. The van der Waals surface area contributed by atoms with Crippen molar-refractivity contribution in [3.63, 3.8) is 0 Å². The molecule has 1 atom stereocenters. The molecule has 4 rings (SSSR count). The van der Waals surface area contributed by atoms with Gasteiger partial charge in [0.2, 0.25) is 0 Å². The second kappa shape index (κ2) is 7.82. The van der Waals surface area contributed by atoms with E-state index in [0.717, 1.165) is 19.3 Å². The highest BCUT2D eigenvalue weighted by atomic mass is 32.2. The van der Waals surface area contributed by atoms with E-state index < -0.39 is 10.2 Å². The maximum absolute atomic E-state index is 13.0. The number of aromatic hydroxyl groups is 1. The number of ether oxygens (including phenoxy) is 1. The number of nitrogens with one attached hydrogen (secondary N) is 1. The first-order chi connectivity index (χ1) is 14.4. The minimum Gasteiger partial charge on any atom is -0.505 e. The lowest BCUT2D eigenvalue weighted by Gasteiger charge is -2.36. The summed E-state index contributed by atoms with van der Waals surface area (Å²) in [6.07, 6.45) is 5.24. The van der Waals surface area contributed by atoms with Crippen molar-refractivity contribution in [1.82, 2.24) is 9.88 Å². The van der Waals surface area contributed by atoms with Gasteiger partial charge in [0.05, 0.1) is 29.1 Å². The number of carbonyl (C=O) groups is 1. The molecule has 0 saturated carbocycles. The first-order valence-corrected chi connectivity index (χ1v) is 10.9. The molecule has 1 aromatic heterocycles. The van der Waals surface area contributed by atoms with E-state index in [2.05, 4.69) is 14.1 Å². The van der Waals surface area contributed by atoms with Crippen LogP contribution in [0.4, 0.5) is 5.69 Å². The molecule has 0 spiro atoms. The molecule has 2 aliphatic rings. The molecule has 158 valence electrons. The molecule has 0 radical (unpaired) electrons. The van der Waals surface area contributed by atoms with E-state index in [1.165, 1.54) is 18.5 Å². The Balaban J connectivity index is 1.55. The molecular formula is C19H21N5O5S. The van der Waals surface area contributed by atoms with Gasteiger partial charge in [0, 0.05) is 12.7 Å². The van der Waals surface area contributed by atoms with Crippen LogP contribution in [0.25, 0.3) is 0 Å². The monoisotopic (exact) mass is 431 g/mol.